The Morgan fingerprint density at radius 2 is 1.62 bits per heavy atom. The first kappa shape index (κ1) is 17.6. The van der Waals surface area contributed by atoms with E-state index < -0.39 is 22.7 Å². The summed E-state index contributed by atoms with van der Waals surface area (Å²) < 4.78 is 51.7. The van der Waals surface area contributed by atoms with Crippen molar-refractivity contribution >= 4 is 16.8 Å². The average Bonchev–Trinajstić information content (AvgIpc) is 3.43. The monoisotopic (exact) mass is 359 g/mol. The molecule has 7 heteroatoms. The Kier molecular flexibility index (Phi) is 5.11. The van der Waals surface area contributed by atoms with Crippen LogP contribution in [0.15, 0.2) is 29.2 Å². The Bertz CT molecular complexity index is 621. The fraction of sp³-hybridized carbons (Fsp3) is 0.588. The van der Waals surface area contributed by atoms with E-state index in [1.54, 1.807) is 4.31 Å². The zero-order chi connectivity index (χ0) is 17.3. The van der Waals surface area contributed by atoms with E-state index in [1.165, 1.54) is 31.4 Å². The molecule has 0 N–H and O–H groups in total. The highest BCUT2D eigenvalue weighted by Gasteiger charge is 2.44. The van der Waals surface area contributed by atoms with Crippen LogP contribution in [0.1, 0.15) is 44.1 Å². The summed E-state index contributed by atoms with van der Waals surface area (Å²) in [4.78, 5) is 11.9. The zero-order valence-electron chi connectivity index (χ0n) is 13.2. The van der Waals surface area contributed by atoms with E-state index in [2.05, 4.69) is 0 Å². The van der Waals surface area contributed by atoms with E-state index in [0.717, 1.165) is 25.0 Å². The summed E-state index contributed by atoms with van der Waals surface area (Å²) in [5.41, 5.74) is -0.764. The Labute approximate surface area is 141 Å². The van der Waals surface area contributed by atoms with Crippen molar-refractivity contribution in [2.75, 3.05) is 6.54 Å². The van der Waals surface area contributed by atoms with Gasteiger partial charge in [-0.05, 0) is 43.0 Å². The number of hydrogen-bond donors (Lipinski definition) is 0. The van der Waals surface area contributed by atoms with E-state index in [4.69, 9.17) is 0 Å². The average molecular weight is 359 g/mol. The Hall–Kier alpha value is -1.21. The van der Waals surface area contributed by atoms with Gasteiger partial charge in [-0.3, -0.25) is 4.79 Å². The summed E-state index contributed by atoms with van der Waals surface area (Å²) in [6, 6.07) is 4.28. The summed E-state index contributed by atoms with van der Waals surface area (Å²) in [6.07, 6.45) is 2.55. The molecule has 2 atom stereocenters. The third kappa shape index (κ3) is 4.45. The van der Waals surface area contributed by atoms with Crippen LogP contribution in [0.25, 0.3) is 0 Å². The molecule has 132 valence electrons. The van der Waals surface area contributed by atoms with Gasteiger partial charge >= 0.3 is 6.18 Å². The molecule has 2 saturated carbocycles. The molecule has 4 rings (SSSR count). The number of carbonyl (C=O) groups is 1. The number of nitrogens with zero attached hydrogens (tertiary/aromatic N) is 1. The van der Waals surface area contributed by atoms with Crippen LogP contribution in [-0.2, 0) is 22.0 Å². The summed E-state index contributed by atoms with van der Waals surface area (Å²) >= 11 is 0. The maximum atomic E-state index is 12.5. The molecule has 1 aromatic carbocycles. The highest BCUT2D eigenvalue weighted by Crippen LogP contribution is 2.40. The lowest BCUT2D eigenvalue weighted by Crippen LogP contribution is -2.33. The molecular weight excluding hydrogens is 339 g/mol. The SMILES string of the molecule is C1CC1.O=C1CC(C2CC2)N(S(=O)c2ccc(C(F)(F)F)cc2)C1. The minimum absolute atomic E-state index is 0.0272. The van der Waals surface area contributed by atoms with Crippen LogP contribution in [0.2, 0.25) is 0 Å². The summed E-state index contributed by atoms with van der Waals surface area (Å²) in [5.74, 6) is 0.446. The van der Waals surface area contributed by atoms with Gasteiger partial charge in [0, 0.05) is 12.5 Å². The molecule has 0 spiro atoms. The molecule has 1 saturated heterocycles. The molecule has 0 radical (unpaired) electrons. The van der Waals surface area contributed by atoms with Crippen molar-refractivity contribution in [1.82, 2.24) is 4.31 Å². The number of carbonyl (C=O) groups excluding carboxylic acids is 1. The van der Waals surface area contributed by atoms with Crippen molar-refractivity contribution in [1.29, 1.82) is 0 Å². The van der Waals surface area contributed by atoms with Gasteiger partial charge in [0.1, 0.15) is 16.8 Å². The van der Waals surface area contributed by atoms with Crippen LogP contribution >= 0.6 is 0 Å². The molecule has 2 aliphatic carbocycles. The van der Waals surface area contributed by atoms with Gasteiger partial charge in [-0.2, -0.15) is 13.2 Å². The van der Waals surface area contributed by atoms with Crippen LogP contribution in [0.5, 0.6) is 0 Å². The predicted molar refractivity (Wildman–Crippen MR) is 84.5 cm³/mol. The lowest BCUT2D eigenvalue weighted by Gasteiger charge is -2.22. The lowest BCUT2D eigenvalue weighted by molar-refractivity contribution is -0.137. The first-order chi connectivity index (χ1) is 11.4. The third-order valence-corrected chi connectivity index (χ3v) is 5.76. The molecule has 24 heavy (non-hydrogen) atoms. The van der Waals surface area contributed by atoms with Gasteiger partial charge in [0.25, 0.3) is 0 Å². The molecule has 1 aromatic rings. The van der Waals surface area contributed by atoms with Crippen LogP contribution in [0.3, 0.4) is 0 Å². The van der Waals surface area contributed by atoms with Crippen molar-refractivity contribution in [2.45, 2.75) is 55.6 Å². The number of ketones is 1. The van der Waals surface area contributed by atoms with Gasteiger partial charge in [-0.1, -0.05) is 19.3 Å². The highest BCUT2D eigenvalue weighted by atomic mass is 32.2. The normalized spacial score (nSPS) is 25.1. The van der Waals surface area contributed by atoms with E-state index in [1.807, 2.05) is 0 Å². The second-order valence-corrected chi connectivity index (χ2v) is 7.99. The maximum absolute atomic E-state index is 12.5. The van der Waals surface area contributed by atoms with Gasteiger partial charge in [0.2, 0.25) is 0 Å². The van der Waals surface area contributed by atoms with E-state index >= 15 is 0 Å². The van der Waals surface area contributed by atoms with Gasteiger partial charge < -0.3 is 0 Å². The molecule has 3 nitrogen and oxygen atoms in total. The largest absolute Gasteiger partial charge is 0.416 e. The molecular formula is C17H20F3NO2S. The molecule has 0 aromatic heterocycles. The lowest BCUT2D eigenvalue weighted by atomic mass is 10.1. The Balaban J connectivity index is 0.000000508. The highest BCUT2D eigenvalue weighted by molar-refractivity contribution is 7.82. The van der Waals surface area contributed by atoms with Gasteiger partial charge in [0.15, 0.2) is 0 Å². The summed E-state index contributed by atoms with van der Waals surface area (Å²) in [7, 11) is -1.58. The second-order valence-electron chi connectivity index (χ2n) is 6.55. The number of rotatable bonds is 3. The molecule has 1 aliphatic heterocycles. The van der Waals surface area contributed by atoms with Gasteiger partial charge in [-0.15, -0.1) is 0 Å². The van der Waals surface area contributed by atoms with Crippen molar-refractivity contribution in [2.24, 2.45) is 5.92 Å². The van der Waals surface area contributed by atoms with Crippen molar-refractivity contribution in [3.05, 3.63) is 29.8 Å². The molecule has 0 amide bonds. The smallest absolute Gasteiger partial charge is 0.298 e. The second kappa shape index (κ2) is 6.96. The van der Waals surface area contributed by atoms with Crippen LogP contribution in [0.4, 0.5) is 13.2 Å². The van der Waals surface area contributed by atoms with E-state index in [0.29, 0.717) is 17.2 Å². The number of benzene rings is 1. The van der Waals surface area contributed by atoms with Crippen molar-refractivity contribution < 1.29 is 22.2 Å². The Morgan fingerprint density at radius 1 is 1.04 bits per heavy atom. The van der Waals surface area contributed by atoms with Gasteiger partial charge in [0.05, 0.1) is 17.0 Å². The minimum Gasteiger partial charge on any atom is -0.298 e. The molecule has 0 bridgehead atoms. The first-order valence-corrected chi connectivity index (χ1v) is 9.34. The predicted octanol–water partition coefficient (Wildman–Crippen LogP) is 3.95. The Morgan fingerprint density at radius 3 is 2.08 bits per heavy atom. The zero-order valence-corrected chi connectivity index (χ0v) is 14.0. The third-order valence-electron chi connectivity index (χ3n) is 4.25. The molecule has 1 heterocycles. The number of Topliss-reactive ketones (excluding diaryl/α,β-unsaturated/α-hetero) is 1. The van der Waals surface area contributed by atoms with Crippen LogP contribution < -0.4 is 0 Å². The van der Waals surface area contributed by atoms with Gasteiger partial charge in [-0.25, -0.2) is 8.51 Å². The topological polar surface area (TPSA) is 37.4 Å². The van der Waals surface area contributed by atoms with Crippen LogP contribution in [-0.4, -0.2) is 26.9 Å². The first-order valence-electron chi connectivity index (χ1n) is 8.24. The maximum Gasteiger partial charge on any atom is 0.416 e. The van der Waals surface area contributed by atoms with Crippen molar-refractivity contribution in [3.63, 3.8) is 0 Å². The van der Waals surface area contributed by atoms with Crippen molar-refractivity contribution in [3.8, 4) is 0 Å². The van der Waals surface area contributed by atoms with Crippen LogP contribution in [0, 0.1) is 5.92 Å². The molecule has 3 fully saturated rings. The molecule has 2 unspecified atom stereocenters. The minimum atomic E-state index is -4.40. The van der Waals surface area contributed by atoms with E-state index in [9.17, 15) is 22.2 Å². The quantitative estimate of drug-likeness (QED) is 0.819. The fourth-order valence-electron chi connectivity index (χ4n) is 2.65. The fourth-order valence-corrected chi connectivity index (χ4v) is 4.04. The standard InChI is InChI=1S/C14H14F3NO2S.C3H6/c15-14(16,17)10-3-5-12(6-4-10)21(20)18-8-11(19)7-13(18)9-1-2-9;1-2-3-1/h3-6,9,13H,1-2,7-8H2;1-3H2. The summed E-state index contributed by atoms with van der Waals surface area (Å²) in [6.45, 7) is 0.120. The summed E-state index contributed by atoms with van der Waals surface area (Å²) in [5, 5.41) is 0. The number of halogens is 3. The molecule has 3 aliphatic rings. The van der Waals surface area contributed by atoms with E-state index in [-0.39, 0.29) is 18.4 Å². The number of alkyl halides is 3. The number of hydrogen-bond acceptors (Lipinski definition) is 2.